The minimum Gasteiger partial charge on any atom is -0.170 e. The third-order valence-electron chi connectivity index (χ3n) is 2.38. The Bertz CT molecular complexity index is 235. The average Bonchev–Trinajstić information content (AvgIpc) is 2.14. The van der Waals surface area contributed by atoms with Crippen molar-refractivity contribution in [2.45, 2.75) is 38.8 Å². The third-order valence-corrected chi connectivity index (χ3v) is 2.38. The SMILES string of the molecule is CCCCC1=CC(C(F)(F)F)CC=C1. The molecule has 0 fully saturated rings. The minimum atomic E-state index is -4.08. The number of rotatable bonds is 3. The van der Waals surface area contributed by atoms with Crippen LogP contribution in [-0.2, 0) is 0 Å². The third kappa shape index (κ3) is 3.20. The van der Waals surface area contributed by atoms with E-state index >= 15 is 0 Å². The molecule has 0 saturated carbocycles. The predicted octanol–water partition coefficient (Wildman–Crippen LogP) is 4.24. The number of unbranched alkanes of at least 4 members (excludes halogenated alkanes) is 1. The number of hydrogen-bond donors (Lipinski definition) is 0. The second-order valence-electron chi connectivity index (χ2n) is 3.63. The molecular formula is C11H15F3. The molecule has 80 valence electrons. The number of halogens is 3. The molecule has 1 aliphatic carbocycles. The van der Waals surface area contributed by atoms with Crippen LogP contribution in [-0.4, -0.2) is 6.18 Å². The van der Waals surface area contributed by atoms with Crippen molar-refractivity contribution in [1.29, 1.82) is 0 Å². The van der Waals surface area contributed by atoms with Crippen LogP contribution in [0.5, 0.6) is 0 Å². The molecule has 0 aromatic carbocycles. The molecule has 0 saturated heterocycles. The largest absolute Gasteiger partial charge is 0.395 e. The van der Waals surface area contributed by atoms with Crippen molar-refractivity contribution in [3.63, 3.8) is 0 Å². The summed E-state index contributed by atoms with van der Waals surface area (Å²) in [6.07, 6.45) is 3.57. The molecule has 1 unspecified atom stereocenters. The van der Waals surface area contributed by atoms with E-state index in [0.717, 1.165) is 24.8 Å². The summed E-state index contributed by atoms with van der Waals surface area (Å²) in [5, 5.41) is 0. The molecule has 1 atom stereocenters. The molecule has 0 radical (unpaired) electrons. The van der Waals surface area contributed by atoms with Crippen molar-refractivity contribution in [3.05, 3.63) is 23.8 Å². The molecule has 0 amide bonds. The van der Waals surface area contributed by atoms with Crippen molar-refractivity contribution >= 4 is 0 Å². The maximum absolute atomic E-state index is 12.4. The first kappa shape index (κ1) is 11.3. The fraction of sp³-hybridized carbons (Fsp3) is 0.636. The zero-order valence-electron chi connectivity index (χ0n) is 8.27. The molecule has 0 aromatic rings. The summed E-state index contributed by atoms with van der Waals surface area (Å²) in [5.74, 6) is -1.26. The van der Waals surface area contributed by atoms with E-state index in [0.29, 0.717) is 0 Å². The van der Waals surface area contributed by atoms with Crippen molar-refractivity contribution in [1.82, 2.24) is 0 Å². The quantitative estimate of drug-likeness (QED) is 0.645. The van der Waals surface area contributed by atoms with Gasteiger partial charge in [-0.3, -0.25) is 0 Å². The molecule has 1 rings (SSSR count). The average molecular weight is 204 g/mol. The topological polar surface area (TPSA) is 0 Å². The molecule has 14 heavy (non-hydrogen) atoms. The highest BCUT2D eigenvalue weighted by Crippen LogP contribution is 2.34. The summed E-state index contributed by atoms with van der Waals surface area (Å²) < 4.78 is 37.1. The van der Waals surface area contributed by atoms with Gasteiger partial charge in [0.15, 0.2) is 0 Å². The van der Waals surface area contributed by atoms with Crippen LogP contribution in [0.3, 0.4) is 0 Å². The molecule has 3 heteroatoms. The Morgan fingerprint density at radius 3 is 2.71 bits per heavy atom. The first-order chi connectivity index (χ1) is 6.54. The molecular weight excluding hydrogens is 189 g/mol. The van der Waals surface area contributed by atoms with E-state index < -0.39 is 12.1 Å². The molecule has 0 aromatic heterocycles. The minimum absolute atomic E-state index is 0.0964. The predicted molar refractivity (Wildman–Crippen MR) is 50.9 cm³/mol. The van der Waals surface area contributed by atoms with Gasteiger partial charge >= 0.3 is 6.18 Å². The lowest BCUT2D eigenvalue weighted by Gasteiger charge is -2.19. The standard InChI is InChI=1S/C11H15F3/c1-2-3-5-9-6-4-7-10(8-9)11(12,13)14/h4,6,8,10H,2-3,5,7H2,1H3. The van der Waals surface area contributed by atoms with Crippen molar-refractivity contribution in [2.75, 3.05) is 0 Å². The van der Waals surface area contributed by atoms with Gasteiger partial charge in [-0.2, -0.15) is 13.2 Å². The Hall–Kier alpha value is -0.730. The van der Waals surface area contributed by atoms with Crippen LogP contribution in [0.25, 0.3) is 0 Å². The summed E-state index contributed by atoms with van der Waals surface area (Å²) >= 11 is 0. The summed E-state index contributed by atoms with van der Waals surface area (Å²) in [7, 11) is 0. The van der Waals surface area contributed by atoms with Crippen LogP contribution in [0.1, 0.15) is 32.6 Å². The van der Waals surface area contributed by atoms with Gasteiger partial charge in [-0.05, 0) is 19.3 Å². The van der Waals surface area contributed by atoms with E-state index in [9.17, 15) is 13.2 Å². The Balaban J connectivity index is 2.59. The van der Waals surface area contributed by atoms with Crippen LogP contribution in [0, 0.1) is 5.92 Å². The maximum atomic E-state index is 12.4. The van der Waals surface area contributed by atoms with E-state index in [1.165, 1.54) is 6.08 Å². The van der Waals surface area contributed by atoms with Crippen LogP contribution in [0.2, 0.25) is 0 Å². The van der Waals surface area contributed by atoms with Crippen molar-refractivity contribution < 1.29 is 13.2 Å². The lowest BCUT2D eigenvalue weighted by atomic mass is 9.93. The fourth-order valence-corrected chi connectivity index (χ4v) is 1.52. The second-order valence-corrected chi connectivity index (χ2v) is 3.63. The van der Waals surface area contributed by atoms with E-state index in [1.807, 2.05) is 13.0 Å². The number of hydrogen-bond acceptors (Lipinski definition) is 0. The Morgan fingerprint density at radius 1 is 1.43 bits per heavy atom. The molecule has 1 aliphatic rings. The van der Waals surface area contributed by atoms with Gasteiger partial charge in [0.1, 0.15) is 0 Å². The number of alkyl halides is 3. The van der Waals surface area contributed by atoms with Gasteiger partial charge in [-0.25, -0.2) is 0 Å². The summed E-state index contributed by atoms with van der Waals surface area (Å²) in [4.78, 5) is 0. The molecule has 0 bridgehead atoms. The molecule has 0 N–H and O–H groups in total. The lowest BCUT2D eigenvalue weighted by Crippen LogP contribution is -2.21. The molecule has 0 heterocycles. The van der Waals surface area contributed by atoms with Crippen LogP contribution >= 0.6 is 0 Å². The monoisotopic (exact) mass is 204 g/mol. The van der Waals surface area contributed by atoms with Crippen molar-refractivity contribution in [3.8, 4) is 0 Å². The number of allylic oxidation sites excluding steroid dienone is 4. The van der Waals surface area contributed by atoms with Crippen LogP contribution < -0.4 is 0 Å². The zero-order valence-corrected chi connectivity index (χ0v) is 8.27. The van der Waals surface area contributed by atoms with Crippen LogP contribution in [0.15, 0.2) is 23.8 Å². The van der Waals surface area contributed by atoms with Crippen molar-refractivity contribution in [2.24, 2.45) is 5.92 Å². The van der Waals surface area contributed by atoms with Gasteiger partial charge in [0.25, 0.3) is 0 Å². The Labute approximate surface area is 82.5 Å². The highest BCUT2D eigenvalue weighted by molar-refractivity contribution is 5.24. The zero-order chi connectivity index (χ0) is 10.6. The summed E-state index contributed by atoms with van der Waals surface area (Å²) in [6.45, 7) is 2.04. The van der Waals surface area contributed by atoms with E-state index in [-0.39, 0.29) is 6.42 Å². The Kier molecular flexibility index (Phi) is 3.78. The van der Waals surface area contributed by atoms with E-state index in [2.05, 4.69) is 0 Å². The first-order valence-corrected chi connectivity index (χ1v) is 4.98. The van der Waals surface area contributed by atoms with Gasteiger partial charge in [0.05, 0.1) is 5.92 Å². The molecule has 0 aliphatic heterocycles. The Morgan fingerprint density at radius 2 is 2.14 bits per heavy atom. The highest BCUT2D eigenvalue weighted by Gasteiger charge is 2.37. The summed E-state index contributed by atoms with van der Waals surface area (Å²) in [5.41, 5.74) is 0.834. The highest BCUT2D eigenvalue weighted by atomic mass is 19.4. The lowest BCUT2D eigenvalue weighted by molar-refractivity contribution is -0.160. The van der Waals surface area contributed by atoms with Gasteiger partial charge in [-0.15, -0.1) is 0 Å². The van der Waals surface area contributed by atoms with E-state index in [1.54, 1.807) is 6.08 Å². The summed E-state index contributed by atoms with van der Waals surface area (Å²) in [6, 6.07) is 0. The van der Waals surface area contributed by atoms with E-state index in [4.69, 9.17) is 0 Å². The fourth-order valence-electron chi connectivity index (χ4n) is 1.52. The van der Waals surface area contributed by atoms with Gasteiger partial charge < -0.3 is 0 Å². The molecule has 0 spiro atoms. The first-order valence-electron chi connectivity index (χ1n) is 4.98. The van der Waals surface area contributed by atoms with Gasteiger partial charge in [0.2, 0.25) is 0 Å². The smallest absolute Gasteiger partial charge is 0.170 e. The maximum Gasteiger partial charge on any atom is 0.395 e. The van der Waals surface area contributed by atoms with Crippen LogP contribution in [0.4, 0.5) is 13.2 Å². The normalized spacial score (nSPS) is 22.3. The molecule has 0 nitrogen and oxygen atoms in total. The van der Waals surface area contributed by atoms with Gasteiger partial charge in [0, 0.05) is 0 Å². The van der Waals surface area contributed by atoms with Gasteiger partial charge in [-0.1, -0.05) is 37.1 Å². The second kappa shape index (κ2) is 4.67.